The Morgan fingerprint density at radius 3 is 2.05 bits per heavy atom. The topological polar surface area (TPSA) is 52.6 Å². The quantitative estimate of drug-likeness (QED) is 0.815. The molecule has 0 saturated heterocycles. The van der Waals surface area contributed by atoms with Crippen LogP contribution >= 0.6 is 0 Å². The lowest BCUT2D eigenvalue weighted by Gasteiger charge is -2.07. The summed E-state index contributed by atoms with van der Waals surface area (Å²) in [5.41, 5.74) is 0. The van der Waals surface area contributed by atoms with Crippen LogP contribution in [0.5, 0.6) is 11.5 Å². The summed E-state index contributed by atoms with van der Waals surface area (Å²) in [4.78, 5) is -0.122. The minimum Gasteiger partial charge on any atom is -0.497 e. The zero-order valence-corrected chi connectivity index (χ0v) is 11.2. The van der Waals surface area contributed by atoms with Crippen LogP contribution in [0.2, 0.25) is 0 Å². The number of rotatable bonds is 4. The van der Waals surface area contributed by atoms with Crippen LogP contribution in [0.15, 0.2) is 47.4 Å². The van der Waals surface area contributed by atoms with Crippen LogP contribution in [0.4, 0.5) is 8.78 Å². The van der Waals surface area contributed by atoms with E-state index in [1.54, 1.807) is 0 Å². The molecular weight excluding hydrogens is 290 g/mol. The molecule has 7 heteroatoms. The van der Waals surface area contributed by atoms with Gasteiger partial charge in [-0.15, -0.1) is 0 Å². The summed E-state index contributed by atoms with van der Waals surface area (Å²) in [7, 11) is -2.67. The second-order valence-electron chi connectivity index (χ2n) is 3.79. The first kappa shape index (κ1) is 14.3. The normalized spacial score (nSPS) is 11.2. The van der Waals surface area contributed by atoms with Gasteiger partial charge in [0.25, 0.3) is 0 Å². The minimum absolute atomic E-state index is 0.122. The highest BCUT2D eigenvalue weighted by molar-refractivity contribution is 7.87. The Labute approximate surface area is 114 Å². The van der Waals surface area contributed by atoms with Crippen LogP contribution in [0.3, 0.4) is 0 Å². The SMILES string of the molecule is COc1ccc(S(=O)(=O)Oc2ccc(F)c(F)c2)cc1. The molecule has 106 valence electrons. The highest BCUT2D eigenvalue weighted by atomic mass is 32.2. The molecule has 2 aromatic rings. The van der Waals surface area contributed by atoms with E-state index in [9.17, 15) is 17.2 Å². The second kappa shape index (κ2) is 5.46. The van der Waals surface area contributed by atoms with Gasteiger partial charge in [0.1, 0.15) is 16.4 Å². The molecule has 0 N–H and O–H groups in total. The molecule has 4 nitrogen and oxygen atoms in total. The average molecular weight is 300 g/mol. The summed E-state index contributed by atoms with van der Waals surface area (Å²) in [6, 6.07) is 7.94. The fourth-order valence-corrected chi connectivity index (χ4v) is 2.37. The molecule has 0 aliphatic heterocycles. The number of halogens is 2. The molecule has 0 amide bonds. The molecule has 0 spiro atoms. The average Bonchev–Trinajstić information content (AvgIpc) is 2.43. The van der Waals surface area contributed by atoms with Crippen LogP contribution in [0.1, 0.15) is 0 Å². The van der Waals surface area contributed by atoms with Crippen LogP contribution in [0.25, 0.3) is 0 Å². The Morgan fingerprint density at radius 1 is 0.900 bits per heavy atom. The van der Waals surface area contributed by atoms with E-state index in [4.69, 9.17) is 8.92 Å². The molecule has 0 heterocycles. The van der Waals surface area contributed by atoms with E-state index >= 15 is 0 Å². The molecule has 0 fully saturated rings. The van der Waals surface area contributed by atoms with Crippen molar-refractivity contribution in [1.29, 1.82) is 0 Å². The predicted octanol–water partition coefficient (Wildman–Crippen LogP) is 2.74. The zero-order chi connectivity index (χ0) is 14.8. The minimum atomic E-state index is -4.11. The van der Waals surface area contributed by atoms with Crippen LogP contribution in [-0.2, 0) is 10.1 Å². The molecule has 0 unspecified atom stereocenters. The fraction of sp³-hybridized carbons (Fsp3) is 0.0769. The maximum absolute atomic E-state index is 13.0. The third kappa shape index (κ3) is 3.05. The molecule has 0 aliphatic rings. The Morgan fingerprint density at radius 2 is 1.50 bits per heavy atom. The Balaban J connectivity index is 2.27. The number of hydrogen-bond acceptors (Lipinski definition) is 4. The summed E-state index contributed by atoms with van der Waals surface area (Å²) in [6.45, 7) is 0. The number of ether oxygens (including phenoxy) is 1. The highest BCUT2D eigenvalue weighted by Gasteiger charge is 2.17. The predicted molar refractivity (Wildman–Crippen MR) is 67.2 cm³/mol. The van der Waals surface area contributed by atoms with Gasteiger partial charge in [0, 0.05) is 6.07 Å². The van der Waals surface area contributed by atoms with Gasteiger partial charge in [-0.2, -0.15) is 8.42 Å². The molecule has 0 aromatic heterocycles. The Kier molecular flexibility index (Phi) is 3.89. The van der Waals surface area contributed by atoms with Crippen molar-refractivity contribution in [3.8, 4) is 11.5 Å². The third-order valence-corrected chi connectivity index (χ3v) is 3.71. The first-order valence-electron chi connectivity index (χ1n) is 5.46. The maximum atomic E-state index is 13.0. The summed E-state index contributed by atoms with van der Waals surface area (Å²) in [5, 5.41) is 0. The van der Waals surface area contributed by atoms with E-state index < -0.39 is 21.8 Å². The molecule has 20 heavy (non-hydrogen) atoms. The maximum Gasteiger partial charge on any atom is 0.339 e. The third-order valence-electron chi connectivity index (χ3n) is 2.45. The molecule has 2 aromatic carbocycles. The smallest absolute Gasteiger partial charge is 0.339 e. The van der Waals surface area contributed by atoms with E-state index in [-0.39, 0.29) is 10.6 Å². The van der Waals surface area contributed by atoms with Crippen molar-refractivity contribution in [3.63, 3.8) is 0 Å². The second-order valence-corrected chi connectivity index (χ2v) is 5.34. The van der Waals surface area contributed by atoms with Gasteiger partial charge < -0.3 is 8.92 Å². The van der Waals surface area contributed by atoms with Gasteiger partial charge in [-0.25, -0.2) is 8.78 Å². The van der Waals surface area contributed by atoms with E-state index in [0.717, 1.165) is 12.1 Å². The summed E-state index contributed by atoms with van der Waals surface area (Å²) >= 11 is 0. The molecule has 2 rings (SSSR count). The van der Waals surface area contributed by atoms with Crippen LogP contribution in [0, 0.1) is 11.6 Å². The molecule has 0 radical (unpaired) electrons. The number of benzene rings is 2. The molecule has 0 bridgehead atoms. The largest absolute Gasteiger partial charge is 0.497 e. The van der Waals surface area contributed by atoms with Crippen molar-refractivity contribution >= 4 is 10.1 Å². The Hall–Kier alpha value is -2.15. The fourth-order valence-electron chi connectivity index (χ4n) is 1.45. The van der Waals surface area contributed by atoms with E-state index in [0.29, 0.717) is 11.8 Å². The van der Waals surface area contributed by atoms with Crippen molar-refractivity contribution in [1.82, 2.24) is 0 Å². The van der Waals surface area contributed by atoms with Gasteiger partial charge in [0.15, 0.2) is 11.6 Å². The van der Waals surface area contributed by atoms with Gasteiger partial charge in [-0.1, -0.05) is 0 Å². The monoisotopic (exact) mass is 300 g/mol. The standard InChI is InChI=1S/C13H10F2O4S/c1-18-9-2-5-11(6-3-9)20(16,17)19-10-4-7-12(14)13(15)8-10/h2-8H,1H3. The van der Waals surface area contributed by atoms with Gasteiger partial charge >= 0.3 is 10.1 Å². The van der Waals surface area contributed by atoms with Gasteiger partial charge in [0.2, 0.25) is 0 Å². The first-order valence-corrected chi connectivity index (χ1v) is 6.87. The molecule has 0 aliphatic carbocycles. The lowest BCUT2D eigenvalue weighted by atomic mass is 10.3. The number of methoxy groups -OCH3 is 1. The van der Waals surface area contributed by atoms with E-state index in [2.05, 4.69) is 0 Å². The molecular formula is C13H10F2O4S. The first-order chi connectivity index (χ1) is 9.42. The summed E-state index contributed by atoms with van der Waals surface area (Å²) in [5.74, 6) is -2.09. The molecule has 0 atom stereocenters. The van der Waals surface area contributed by atoms with Crippen molar-refractivity contribution in [2.75, 3.05) is 7.11 Å². The number of hydrogen-bond donors (Lipinski definition) is 0. The summed E-state index contributed by atoms with van der Waals surface area (Å²) < 4.78 is 59.2. The van der Waals surface area contributed by atoms with E-state index in [1.807, 2.05) is 0 Å². The molecule has 0 saturated carbocycles. The Bertz CT molecular complexity index is 712. The lowest BCUT2D eigenvalue weighted by molar-refractivity contribution is 0.414. The zero-order valence-electron chi connectivity index (χ0n) is 10.3. The van der Waals surface area contributed by atoms with Crippen molar-refractivity contribution < 1.29 is 26.1 Å². The summed E-state index contributed by atoms with van der Waals surface area (Å²) in [6.07, 6.45) is 0. The van der Waals surface area contributed by atoms with Crippen molar-refractivity contribution in [2.24, 2.45) is 0 Å². The van der Waals surface area contributed by atoms with E-state index in [1.165, 1.54) is 31.4 Å². The van der Waals surface area contributed by atoms with Crippen LogP contribution < -0.4 is 8.92 Å². The lowest BCUT2D eigenvalue weighted by Crippen LogP contribution is -2.10. The van der Waals surface area contributed by atoms with Crippen LogP contribution in [-0.4, -0.2) is 15.5 Å². The van der Waals surface area contributed by atoms with Crippen molar-refractivity contribution in [3.05, 3.63) is 54.1 Å². The van der Waals surface area contributed by atoms with Gasteiger partial charge in [-0.05, 0) is 36.4 Å². The highest BCUT2D eigenvalue weighted by Crippen LogP contribution is 2.22. The van der Waals surface area contributed by atoms with Crippen molar-refractivity contribution in [2.45, 2.75) is 4.90 Å². The van der Waals surface area contributed by atoms with Gasteiger partial charge in [-0.3, -0.25) is 0 Å². The van der Waals surface area contributed by atoms with Gasteiger partial charge in [0.05, 0.1) is 7.11 Å².